The Bertz CT molecular complexity index is 882. The predicted octanol–water partition coefficient (Wildman–Crippen LogP) is 14.6. The number of nitrogens with zero attached hydrogens (tertiary/aromatic N) is 2. The van der Waals surface area contributed by atoms with Crippen LogP contribution >= 0.6 is 15.6 Å². The van der Waals surface area contributed by atoms with Crippen LogP contribution in [-0.2, 0) is 27.2 Å². The number of rotatable bonds is 28. The van der Waals surface area contributed by atoms with Gasteiger partial charge in [-0.3, -0.25) is 13.6 Å². The summed E-state index contributed by atoms with van der Waals surface area (Å²) in [5.74, 6) is 0. The number of hydrogen-bond acceptors (Lipinski definition) is 8. The fourth-order valence-corrected chi connectivity index (χ4v) is 9.49. The molecule has 0 atom stereocenters. The molecule has 0 bridgehead atoms. The van der Waals surface area contributed by atoms with E-state index in [4.69, 9.17) is 18.1 Å². The minimum absolute atomic E-state index is 0. The van der Waals surface area contributed by atoms with Crippen molar-refractivity contribution >= 4 is 15.6 Å². The zero-order chi connectivity index (χ0) is 47.8. The largest absolute Gasteiger partial charge is 0.870 e. The Morgan fingerprint density at radius 2 is 0.525 bits per heavy atom. The molecule has 0 amide bonds. The molecule has 0 aromatic heterocycles. The van der Waals surface area contributed by atoms with E-state index < -0.39 is 38.0 Å². The van der Waals surface area contributed by atoms with Gasteiger partial charge in [0.15, 0.2) is 0 Å². The second-order valence-corrected chi connectivity index (χ2v) is 23.6. The first-order valence-corrected chi connectivity index (χ1v) is 27.4. The van der Waals surface area contributed by atoms with Crippen LogP contribution in [0.3, 0.4) is 0 Å². The number of hydrogen-bond donors (Lipinski definition) is 1. The molecule has 11 nitrogen and oxygen atoms in total. The van der Waals surface area contributed by atoms with Gasteiger partial charge in [0.1, 0.15) is 0 Å². The van der Waals surface area contributed by atoms with E-state index in [0.29, 0.717) is 0 Å². The monoisotopic (exact) mass is 921 g/mol. The van der Waals surface area contributed by atoms with Gasteiger partial charge in [0.05, 0.1) is 74.8 Å². The third-order valence-corrected chi connectivity index (χ3v) is 12.5. The molecule has 0 unspecified atom stereocenters. The van der Waals surface area contributed by atoms with Gasteiger partial charge in [-0.1, -0.05) is 107 Å². The first-order chi connectivity index (χ1) is 27.3. The van der Waals surface area contributed by atoms with Crippen molar-refractivity contribution in [2.45, 2.75) is 264 Å². The molecule has 61 heavy (non-hydrogen) atoms. The lowest BCUT2D eigenvalue weighted by Crippen LogP contribution is -2.50. The molecule has 0 saturated carbocycles. The first kappa shape index (κ1) is 70.1. The summed E-state index contributed by atoms with van der Waals surface area (Å²) in [6.07, 6.45) is 22.1. The maximum absolute atomic E-state index is 11.4. The number of unbranched alkanes of at least 4 members (excludes halogenated alkanes) is 8. The Kier molecular flexibility index (Phi) is 41.7. The van der Waals surface area contributed by atoms with Crippen molar-refractivity contribution in [2.24, 2.45) is 0 Å². The maximum Gasteiger partial charge on any atom is 0.473 e. The van der Waals surface area contributed by atoms with Crippen molar-refractivity contribution < 1.29 is 51.5 Å². The lowest BCUT2D eigenvalue weighted by molar-refractivity contribution is -0.929. The van der Waals surface area contributed by atoms with Crippen molar-refractivity contribution in [3.8, 4) is 0 Å². The highest BCUT2D eigenvalue weighted by atomic mass is 31.2. The van der Waals surface area contributed by atoms with E-state index in [0.717, 1.165) is 0 Å². The molecule has 0 aliphatic rings. The van der Waals surface area contributed by atoms with E-state index in [1.165, 1.54) is 164 Å². The highest BCUT2D eigenvalue weighted by Crippen LogP contribution is 2.50. The summed E-state index contributed by atoms with van der Waals surface area (Å²) in [7, 11) is -8.12. The molecule has 13 heteroatoms. The topological polar surface area (TPSA) is 144 Å². The van der Waals surface area contributed by atoms with Crippen molar-refractivity contribution in [1.29, 1.82) is 0 Å². The van der Waals surface area contributed by atoms with Crippen LogP contribution in [0.1, 0.15) is 241 Å². The summed E-state index contributed by atoms with van der Waals surface area (Å²) in [5, 5.41) is 0. The lowest BCUT2D eigenvalue weighted by atomic mass is 10.1. The van der Waals surface area contributed by atoms with E-state index in [-0.39, 0.29) is 5.48 Å². The van der Waals surface area contributed by atoms with Crippen LogP contribution in [-0.4, -0.2) is 94.1 Å². The molecule has 2 N–H and O–H groups in total. The minimum Gasteiger partial charge on any atom is -0.870 e. The molecular formula is C48H110N2O9P2. The number of phosphoric acid groups is 2. The molecule has 0 radical (unpaired) electrons. The second-order valence-electron chi connectivity index (χ2n) is 21.0. The summed E-state index contributed by atoms with van der Waals surface area (Å²) in [5.41, 5.74) is -2.86. The van der Waals surface area contributed by atoms with Crippen LogP contribution in [0, 0.1) is 0 Å². The summed E-state index contributed by atoms with van der Waals surface area (Å²) in [6, 6.07) is 0. The van der Waals surface area contributed by atoms with Crippen LogP contribution in [0.15, 0.2) is 0 Å². The Morgan fingerprint density at radius 1 is 0.377 bits per heavy atom. The Morgan fingerprint density at radius 3 is 0.639 bits per heavy atom. The van der Waals surface area contributed by atoms with Crippen molar-refractivity contribution in [2.75, 3.05) is 52.4 Å². The molecule has 376 valence electrons. The van der Waals surface area contributed by atoms with Gasteiger partial charge in [-0.15, -0.1) is 0 Å². The zero-order valence-electron chi connectivity index (χ0n) is 44.5. The van der Waals surface area contributed by atoms with Crippen LogP contribution < -0.4 is 4.89 Å². The van der Waals surface area contributed by atoms with Gasteiger partial charge < -0.3 is 33.3 Å². The van der Waals surface area contributed by atoms with Crippen molar-refractivity contribution in [3.05, 3.63) is 0 Å². The maximum atomic E-state index is 11.4. The standard InChI is InChI=1S/2C16H36N.2C8H19O4P.H2O/c2*1-5-9-13-17(14-10-6-2,15-11-7-3)16-12-8-4;2*1-7(2,3)11-13(9,10)12-8(4,5)6;/h2*5-16H2,1-4H3;2*1-6H3,(H,9,10);1H2/q2*+1;;;/p-2. The highest BCUT2D eigenvalue weighted by Gasteiger charge is 2.33. The Balaban J connectivity index is -0.000000229. The van der Waals surface area contributed by atoms with Crippen LogP contribution in [0.2, 0.25) is 0 Å². The van der Waals surface area contributed by atoms with Crippen LogP contribution in [0.5, 0.6) is 0 Å². The third-order valence-electron chi connectivity index (χ3n) is 9.44. The van der Waals surface area contributed by atoms with Crippen molar-refractivity contribution in [1.82, 2.24) is 0 Å². The van der Waals surface area contributed by atoms with Crippen molar-refractivity contribution in [3.63, 3.8) is 0 Å². The molecule has 0 aromatic rings. The molecule has 0 aromatic carbocycles. The molecule has 0 aliphatic carbocycles. The van der Waals surface area contributed by atoms with Crippen LogP contribution in [0.4, 0.5) is 0 Å². The van der Waals surface area contributed by atoms with Crippen LogP contribution in [0.25, 0.3) is 0 Å². The summed E-state index contributed by atoms with van der Waals surface area (Å²) < 4.78 is 44.8. The van der Waals surface area contributed by atoms with Gasteiger partial charge in [-0.05, 0) is 134 Å². The Hall–Kier alpha value is 0.100. The number of quaternary nitrogens is 2. The van der Waals surface area contributed by atoms with E-state index in [1.807, 2.05) is 0 Å². The normalized spacial score (nSPS) is 13.0. The van der Waals surface area contributed by atoms with E-state index in [2.05, 4.69) is 55.4 Å². The molecular weight excluding hydrogens is 810 g/mol. The van der Waals surface area contributed by atoms with Gasteiger partial charge >= 0.3 is 7.82 Å². The zero-order valence-corrected chi connectivity index (χ0v) is 46.3. The lowest BCUT2D eigenvalue weighted by Gasteiger charge is -2.39. The molecule has 0 aliphatic heterocycles. The van der Waals surface area contributed by atoms with Gasteiger partial charge in [-0.2, -0.15) is 0 Å². The predicted molar refractivity (Wildman–Crippen MR) is 261 cm³/mol. The van der Waals surface area contributed by atoms with E-state index in [9.17, 15) is 18.9 Å². The average Bonchev–Trinajstić information content (AvgIpc) is 3.07. The minimum atomic E-state index is -4.19. The highest BCUT2D eigenvalue weighted by molar-refractivity contribution is 7.47. The third kappa shape index (κ3) is 49.4. The summed E-state index contributed by atoms with van der Waals surface area (Å²) in [4.78, 5) is 20.5. The average molecular weight is 921 g/mol. The quantitative estimate of drug-likeness (QED) is 0.0599. The van der Waals surface area contributed by atoms with E-state index >= 15 is 0 Å². The molecule has 0 saturated heterocycles. The second kappa shape index (κ2) is 36.2. The molecule has 0 heterocycles. The van der Waals surface area contributed by atoms with Gasteiger partial charge in [0, 0.05) is 0 Å². The fraction of sp³-hybridized carbons (Fsp3) is 1.00. The molecule has 0 rings (SSSR count). The fourth-order valence-electron chi connectivity index (χ4n) is 6.69. The molecule has 0 fully saturated rings. The van der Waals surface area contributed by atoms with E-state index in [1.54, 1.807) is 83.1 Å². The first-order valence-electron chi connectivity index (χ1n) is 24.5. The van der Waals surface area contributed by atoms with Gasteiger partial charge in [0.25, 0.3) is 7.82 Å². The Labute approximate surface area is 381 Å². The summed E-state index contributed by atoms with van der Waals surface area (Å²) in [6.45, 7) is 50.2. The van der Waals surface area contributed by atoms with Gasteiger partial charge in [-0.25, -0.2) is 4.57 Å². The smallest absolute Gasteiger partial charge is 0.473 e. The molecule has 0 spiro atoms. The SMILES string of the molecule is CC(C)(C)OP(=O)(O)OC(C)(C)C.CC(C)(C)OP(=O)([O-])OC(C)(C)C.CCCC[N+](CCCC)(CCCC)CCCC.CCCC[N+](CCCC)(CCCC)CCCC.[OH-]. The van der Waals surface area contributed by atoms with Gasteiger partial charge in [0.2, 0.25) is 0 Å². The number of phosphoric ester groups is 2. The summed E-state index contributed by atoms with van der Waals surface area (Å²) >= 11 is 0.